The van der Waals surface area contributed by atoms with Gasteiger partial charge in [-0.05, 0) is 36.4 Å². The van der Waals surface area contributed by atoms with Crippen LogP contribution in [-0.2, 0) is 6.54 Å². The SMILES string of the molecule is Clc1ccc(SCCNCc2ccccn2)cc1. The maximum Gasteiger partial charge on any atom is 0.0541 e. The number of halogens is 1. The summed E-state index contributed by atoms with van der Waals surface area (Å²) in [6.45, 7) is 1.78. The minimum absolute atomic E-state index is 0.785. The average Bonchev–Trinajstić information content (AvgIpc) is 2.42. The van der Waals surface area contributed by atoms with E-state index in [1.807, 2.05) is 60.4 Å². The fourth-order valence-corrected chi connectivity index (χ4v) is 2.43. The van der Waals surface area contributed by atoms with E-state index in [1.54, 1.807) is 0 Å². The second-order valence-corrected chi connectivity index (χ2v) is 5.40. The normalized spacial score (nSPS) is 10.5. The molecule has 2 rings (SSSR count). The average molecular weight is 279 g/mol. The van der Waals surface area contributed by atoms with Gasteiger partial charge in [0.1, 0.15) is 0 Å². The predicted molar refractivity (Wildman–Crippen MR) is 78.1 cm³/mol. The molecule has 1 aromatic heterocycles. The van der Waals surface area contributed by atoms with Gasteiger partial charge in [0.15, 0.2) is 0 Å². The Labute approximate surface area is 117 Å². The summed E-state index contributed by atoms with van der Waals surface area (Å²) < 4.78 is 0. The van der Waals surface area contributed by atoms with E-state index in [9.17, 15) is 0 Å². The highest BCUT2D eigenvalue weighted by atomic mass is 35.5. The van der Waals surface area contributed by atoms with Crippen LogP contribution in [0.25, 0.3) is 0 Å². The van der Waals surface area contributed by atoms with E-state index in [4.69, 9.17) is 11.6 Å². The number of nitrogens with one attached hydrogen (secondary N) is 1. The quantitative estimate of drug-likeness (QED) is 0.645. The first kappa shape index (κ1) is 13.4. The third-order valence-electron chi connectivity index (χ3n) is 2.39. The Balaban J connectivity index is 1.63. The first-order valence-electron chi connectivity index (χ1n) is 5.83. The van der Waals surface area contributed by atoms with E-state index in [0.717, 1.165) is 29.6 Å². The Bertz CT molecular complexity index is 459. The second kappa shape index (κ2) is 7.41. The van der Waals surface area contributed by atoms with E-state index in [2.05, 4.69) is 10.3 Å². The predicted octanol–water partition coefficient (Wildman–Crippen LogP) is 3.62. The molecule has 0 aliphatic carbocycles. The number of hydrogen-bond donors (Lipinski definition) is 1. The minimum Gasteiger partial charge on any atom is -0.310 e. The molecule has 1 N–H and O–H groups in total. The van der Waals surface area contributed by atoms with Crippen LogP contribution in [0.15, 0.2) is 53.6 Å². The molecule has 0 atom stereocenters. The topological polar surface area (TPSA) is 24.9 Å². The molecule has 0 aliphatic heterocycles. The molecule has 2 aromatic rings. The summed E-state index contributed by atoms with van der Waals surface area (Å²) in [6.07, 6.45) is 1.82. The minimum atomic E-state index is 0.785. The summed E-state index contributed by atoms with van der Waals surface area (Å²) in [4.78, 5) is 5.51. The highest BCUT2D eigenvalue weighted by Gasteiger charge is 1.95. The Morgan fingerprint density at radius 3 is 2.67 bits per heavy atom. The lowest BCUT2D eigenvalue weighted by atomic mass is 10.3. The lowest BCUT2D eigenvalue weighted by Crippen LogP contribution is -2.17. The van der Waals surface area contributed by atoms with E-state index >= 15 is 0 Å². The molecule has 0 fully saturated rings. The highest BCUT2D eigenvalue weighted by Crippen LogP contribution is 2.19. The third kappa shape index (κ3) is 4.69. The number of rotatable bonds is 6. The van der Waals surface area contributed by atoms with Crippen LogP contribution in [-0.4, -0.2) is 17.3 Å². The lowest BCUT2D eigenvalue weighted by molar-refractivity contribution is 0.715. The molecule has 0 unspecified atom stereocenters. The van der Waals surface area contributed by atoms with Crippen molar-refractivity contribution in [2.45, 2.75) is 11.4 Å². The van der Waals surface area contributed by atoms with E-state index < -0.39 is 0 Å². The Morgan fingerprint density at radius 2 is 1.94 bits per heavy atom. The molecule has 0 saturated carbocycles. The van der Waals surface area contributed by atoms with Crippen molar-refractivity contribution in [1.29, 1.82) is 0 Å². The largest absolute Gasteiger partial charge is 0.310 e. The van der Waals surface area contributed by atoms with Crippen LogP contribution < -0.4 is 5.32 Å². The van der Waals surface area contributed by atoms with Gasteiger partial charge in [0, 0.05) is 35.0 Å². The molecule has 0 amide bonds. The highest BCUT2D eigenvalue weighted by molar-refractivity contribution is 7.99. The first-order chi connectivity index (χ1) is 8.84. The van der Waals surface area contributed by atoms with Crippen molar-refractivity contribution in [2.75, 3.05) is 12.3 Å². The van der Waals surface area contributed by atoms with Crippen molar-refractivity contribution in [3.05, 3.63) is 59.4 Å². The van der Waals surface area contributed by atoms with E-state index in [0.29, 0.717) is 0 Å². The molecule has 0 aliphatic rings. The van der Waals surface area contributed by atoms with Crippen molar-refractivity contribution in [3.8, 4) is 0 Å². The summed E-state index contributed by atoms with van der Waals surface area (Å²) >= 11 is 7.66. The van der Waals surface area contributed by atoms with Gasteiger partial charge in [0.2, 0.25) is 0 Å². The molecule has 94 valence electrons. The zero-order valence-corrected chi connectivity index (χ0v) is 11.5. The summed E-state index contributed by atoms with van der Waals surface area (Å²) in [5.41, 5.74) is 1.08. The molecule has 0 saturated heterocycles. The Hall–Kier alpha value is -1.03. The number of hydrogen-bond acceptors (Lipinski definition) is 3. The number of pyridine rings is 1. The monoisotopic (exact) mass is 278 g/mol. The standard InChI is InChI=1S/C14H15ClN2S/c15-12-4-6-14(7-5-12)18-10-9-16-11-13-3-1-2-8-17-13/h1-8,16H,9-11H2. The van der Waals surface area contributed by atoms with Crippen molar-refractivity contribution in [2.24, 2.45) is 0 Å². The molecule has 0 bridgehead atoms. The Morgan fingerprint density at radius 1 is 1.11 bits per heavy atom. The lowest BCUT2D eigenvalue weighted by Gasteiger charge is -2.04. The second-order valence-electron chi connectivity index (χ2n) is 3.80. The van der Waals surface area contributed by atoms with Gasteiger partial charge in [-0.25, -0.2) is 0 Å². The molecule has 0 spiro atoms. The summed E-state index contributed by atoms with van der Waals surface area (Å²) in [7, 11) is 0. The zero-order chi connectivity index (χ0) is 12.6. The van der Waals surface area contributed by atoms with Gasteiger partial charge in [-0.1, -0.05) is 17.7 Å². The van der Waals surface area contributed by atoms with Crippen LogP contribution in [0.1, 0.15) is 5.69 Å². The van der Waals surface area contributed by atoms with Crippen molar-refractivity contribution in [3.63, 3.8) is 0 Å². The van der Waals surface area contributed by atoms with E-state index in [1.165, 1.54) is 4.90 Å². The van der Waals surface area contributed by atoms with Crippen LogP contribution in [0.2, 0.25) is 5.02 Å². The molecule has 1 aromatic carbocycles. The van der Waals surface area contributed by atoms with Gasteiger partial charge in [0.25, 0.3) is 0 Å². The van der Waals surface area contributed by atoms with Crippen LogP contribution in [0, 0.1) is 0 Å². The van der Waals surface area contributed by atoms with Crippen molar-refractivity contribution < 1.29 is 0 Å². The molecular formula is C14H15ClN2S. The van der Waals surface area contributed by atoms with Gasteiger partial charge in [0.05, 0.1) is 5.69 Å². The number of benzene rings is 1. The van der Waals surface area contributed by atoms with Gasteiger partial charge in [-0.2, -0.15) is 0 Å². The fraction of sp³-hybridized carbons (Fsp3) is 0.214. The van der Waals surface area contributed by atoms with Crippen molar-refractivity contribution in [1.82, 2.24) is 10.3 Å². The van der Waals surface area contributed by atoms with Crippen LogP contribution >= 0.6 is 23.4 Å². The number of aromatic nitrogens is 1. The third-order valence-corrected chi connectivity index (χ3v) is 3.66. The molecule has 2 nitrogen and oxygen atoms in total. The maximum absolute atomic E-state index is 5.83. The zero-order valence-electron chi connectivity index (χ0n) is 9.97. The Kier molecular flexibility index (Phi) is 5.52. The molecule has 0 radical (unpaired) electrons. The fourth-order valence-electron chi connectivity index (χ4n) is 1.49. The number of nitrogens with zero attached hydrogens (tertiary/aromatic N) is 1. The summed E-state index contributed by atoms with van der Waals surface area (Å²) in [5, 5.41) is 4.16. The summed E-state index contributed by atoms with van der Waals surface area (Å²) in [5.74, 6) is 1.04. The smallest absolute Gasteiger partial charge is 0.0541 e. The van der Waals surface area contributed by atoms with Gasteiger partial charge < -0.3 is 5.32 Å². The first-order valence-corrected chi connectivity index (χ1v) is 7.20. The maximum atomic E-state index is 5.83. The van der Waals surface area contributed by atoms with Crippen LogP contribution in [0.4, 0.5) is 0 Å². The van der Waals surface area contributed by atoms with Gasteiger partial charge >= 0.3 is 0 Å². The van der Waals surface area contributed by atoms with Gasteiger partial charge in [-0.15, -0.1) is 11.8 Å². The summed E-state index contributed by atoms with van der Waals surface area (Å²) in [6, 6.07) is 13.9. The molecule has 18 heavy (non-hydrogen) atoms. The van der Waals surface area contributed by atoms with Gasteiger partial charge in [-0.3, -0.25) is 4.98 Å². The van der Waals surface area contributed by atoms with Crippen LogP contribution in [0.5, 0.6) is 0 Å². The van der Waals surface area contributed by atoms with Crippen molar-refractivity contribution >= 4 is 23.4 Å². The van der Waals surface area contributed by atoms with E-state index in [-0.39, 0.29) is 0 Å². The number of thioether (sulfide) groups is 1. The molecule has 1 heterocycles. The molecule has 4 heteroatoms. The molecular weight excluding hydrogens is 264 g/mol. The van der Waals surface area contributed by atoms with Crippen LogP contribution in [0.3, 0.4) is 0 Å².